The second-order valence-corrected chi connectivity index (χ2v) is 10.0. The van der Waals surface area contributed by atoms with E-state index >= 15 is 4.39 Å². The quantitative estimate of drug-likeness (QED) is 0.453. The van der Waals surface area contributed by atoms with E-state index in [0.29, 0.717) is 33.8 Å². The van der Waals surface area contributed by atoms with Crippen LogP contribution in [0.15, 0.2) is 24.5 Å². The smallest absolute Gasteiger partial charge is 0.413 e. The summed E-state index contributed by atoms with van der Waals surface area (Å²) in [5.41, 5.74) is 10.2. The molecular formula is C27H31FN6O3. The van der Waals surface area contributed by atoms with Crippen molar-refractivity contribution in [2.24, 2.45) is 0 Å². The van der Waals surface area contributed by atoms with Crippen LogP contribution in [0.1, 0.15) is 30.5 Å². The van der Waals surface area contributed by atoms with E-state index < -0.39 is 11.9 Å². The van der Waals surface area contributed by atoms with Crippen LogP contribution in [0.4, 0.5) is 26.4 Å². The van der Waals surface area contributed by atoms with Gasteiger partial charge in [0.2, 0.25) is 0 Å². The third-order valence-corrected chi connectivity index (χ3v) is 7.72. The van der Waals surface area contributed by atoms with Crippen molar-refractivity contribution >= 4 is 34.1 Å². The summed E-state index contributed by atoms with van der Waals surface area (Å²) in [7, 11) is 0. The van der Waals surface area contributed by atoms with Crippen LogP contribution < -0.4 is 16.4 Å². The molecular weight excluding hydrogens is 475 g/mol. The topological polar surface area (TPSA) is 115 Å². The molecule has 3 aromatic rings. The normalized spacial score (nSPS) is 18.6. The van der Waals surface area contributed by atoms with Gasteiger partial charge >= 0.3 is 6.09 Å². The molecule has 0 saturated carbocycles. The molecule has 0 unspecified atom stereocenters. The van der Waals surface area contributed by atoms with E-state index in [1.807, 2.05) is 6.92 Å². The second kappa shape index (κ2) is 9.75. The lowest BCUT2D eigenvalue weighted by Gasteiger charge is -2.41. The summed E-state index contributed by atoms with van der Waals surface area (Å²) in [6.07, 6.45) is 6.01. The van der Waals surface area contributed by atoms with Crippen LogP contribution in [0.3, 0.4) is 0 Å². The van der Waals surface area contributed by atoms with Gasteiger partial charge in [0.1, 0.15) is 11.9 Å². The summed E-state index contributed by atoms with van der Waals surface area (Å²) in [6, 6.07) is 3.92. The Balaban J connectivity index is 1.20. The summed E-state index contributed by atoms with van der Waals surface area (Å²) < 4.78 is 26.3. The maximum Gasteiger partial charge on any atom is 0.413 e. The van der Waals surface area contributed by atoms with Crippen molar-refractivity contribution in [2.75, 3.05) is 49.2 Å². The summed E-state index contributed by atoms with van der Waals surface area (Å²) in [4.78, 5) is 23.8. The average Bonchev–Trinajstić information content (AvgIpc) is 2.87. The Morgan fingerprint density at radius 1 is 1.22 bits per heavy atom. The van der Waals surface area contributed by atoms with Crippen molar-refractivity contribution in [1.82, 2.24) is 14.9 Å². The molecule has 3 aliphatic heterocycles. The number of hydrogen-bond donors (Lipinski definition) is 3. The van der Waals surface area contributed by atoms with E-state index in [9.17, 15) is 4.79 Å². The minimum Gasteiger partial charge on any atom is -0.446 e. The van der Waals surface area contributed by atoms with Crippen molar-refractivity contribution in [3.05, 3.63) is 41.6 Å². The molecule has 1 amide bonds. The highest BCUT2D eigenvalue weighted by Crippen LogP contribution is 2.38. The molecule has 0 bridgehead atoms. The fraction of sp³-hybridized carbons (Fsp3) is 0.444. The van der Waals surface area contributed by atoms with Crippen molar-refractivity contribution in [1.29, 1.82) is 0 Å². The average molecular weight is 507 g/mol. The number of ether oxygens (including phenoxy) is 2. The van der Waals surface area contributed by atoms with Gasteiger partial charge in [-0.1, -0.05) is 0 Å². The molecule has 194 valence electrons. The van der Waals surface area contributed by atoms with Crippen LogP contribution in [0.5, 0.6) is 0 Å². The molecule has 0 radical (unpaired) electrons. The SMILES string of the molecule is Cc1c(-c2cc3cc(NC(=O)OC4CCN(C5COC5)CC4)ncc3c(N)c2F)cnc2c1NCCC2. The molecule has 37 heavy (non-hydrogen) atoms. The minimum atomic E-state index is -0.548. The van der Waals surface area contributed by atoms with Crippen LogP contribution in [0.2, 0.25) is 0 Å². The number of hydrogen-bond acceptors (Lipinski definition) is 8. The molecule has 0 spiro atoms. The van der Waals surface area contributed by atoms with Crippen LogP contribution >= 0.6 is 0 Å². The molecule has 0 atom stereocenters. The molecule has 10 heteroatoms. The standard InChI is InChI=1S/C27H31FN6O3/c1-15-20(11-31-22-3-2-6-30-26(15)22)19-9-16-10-23(32-12-21(16)25(29)24(19)28)33-27(35)37-18-4-7-34(8-5-18)17-13-36-14-17/h9-12,17-18,30H,2-8,13-14,29H2,1H3,(H,32,33,35). The molecule has 3 aliphatic rings. The van der Waals surface area contributed by atoms with Gasteiger partial charge in [0.05, 0.1) is 36.3 Å². The lowest BCUT2D eigenvalue weighted by atomic mass is 9.95. The monoisotopic (exact) mass is 506 g/mol. The molecule has 5 heterocycles. The number of amides is 1. The van der Waals surface area contributed by atoms with Gasteiger partial charge in [-0.3, -0.25) is 15.2 Å². The van der Waals surface area contributed by atoms with Crippen LogP contribution in [-0.2, 0) is 15.9 Å². The molecule has 9 nitrogen and oxygen atoms in total. The minimum absolute atomic E-state index is 0.0165. The second-order valence-electron chi connectivity index (χ2n) is 10.0. The third-order valence-electron chi connectivity index (χ3n) is 7.72. The van der Waals surface area contributed by atoms with Gasteiger partial charge in [-0.15, -0.1) is 0 Å². The first-order chi connectivity index (χ1) is 18.0. The predicted octanol–water partition coefficient (Wildman–Crippen LogP) is 4.10. The number of nitrogens with zero attached hydrogens (tertiary/aromatic N) is 3. The van der Waals surface area contributed by atoms with Crippen molar-refractivity contribution in [3.63, 3.8) is 0 Å². The van der Waals surface area contributed by atoms with E-state index in [4.69, 9.17) is 15.2 Å². The Morgan fingerprint density at radius 3 is 2.78 bits per heavy atom. The number of piperidine rings is 1. The number of likely N-dealkylation sites (tertiary alicyclic amines) is 1. The van der Waals surface area contributed by atoms with E-state index in [-0.39, 0.29) is 11.8 Å². The number of aryl methyl sites for hydroxylation is 1. The number of aromatic nitrogens is 2. The van der Waals surface area contributed by atoms with Gasteiger partial charge in [0, 0.05) is 48.5 Å². The number of fused-ring (bicyclic) bond motifs is 2. The fourth-order valence-corrected chi connectivity index (χ4v) is 5.46. The molecule has 2 saturated heterocycles. The molecule has 1 aromatic carbocycles. The molecule has 6 rings (SSSR count). The number of halogens is 1. The summed E-state index contributed by atoms with van der Waals surface area (Å²) in [6.45, 7) is 6.19. The van der Waals surface area contributed by atoms with Crippen molar-refractivity contribution in [3.8, 4) is 11.1 Å². The number of carbonyl (C=O) groups excluding carboxylic acids is 1. The number of nitrogen functional groups attached to an aromatic ring is 1. The summed E-state index contributed by atoms with van der Waals surface area (Å²) in [5.74, 6) is -0.185. The van der Waals surface area contributed by atoms with Gasteiger partial charge in [-0.25, -0.2) is 14.2 Å². The predicted molar refractivity (Wildman–Crippen MR) is 140 cm³/mol. The largest absolute Gasteiger partial charge is 0.446 e. The highest BCUT2D eigenvalue weighted by Gasteiger charge is 2.31. The first-order valence-corrected chi connectivity index (χ1v) is 12.9. The number of pyridine rings is 2. The maximum absolute atomic E-state index is 15.4. The molecule has 2 aromatic heterocycles. The Bertz CT molecular complexity index is 1350. The van der Waals surface area contributed by atoms with Crippen molar-refractivity contribution in [2.45, 2.75) is 44.8 Å². The fourth-order valence-electron chi connectivity index (χ4n) is 5.46. The van der Waals surface area contributed by atoms with Crippen molar-refractivity contribution < 1.29 is 18.7 Å². The highest BCUT2D eigenvalue weighted by atomic mass is 19.1. The zero-order chi connectivity index (χ0) is 25.5. The Morgan fingerprint density at radius 2 is 2.03 bits per heavy atom. The number of rotatable bonds is 4. The van der Waals surface area contributed by atoms with E-state index in [0.717, 1.165) is 75.5 Å². The lowest BCUT2D eigenvalue weighted by Crippen LogP contribution is -2.52. The van der Waals surface area contributed by atoms with Gasteiger partial charge in [0.25, 0.3) is 0 Å². The van der Waals surface area contributed by atoms with Crippen LogP contribution in [0.25, 0.3) is 21.9 Å². The number of carbonyl (C=O) groups is 1. The number of benzene rings is 1. The van der Waals surface area contributed by atoms with Crippen LogP contribution in [0, 0.1) is 12.7 Å². The molecule has 0 aliphatic carbocycles. The first kappa shape index (κ1) is 23.9. The molecule has 2 fully saturated rings. The van der Waals surface area contributed by atoms with Gasteiger partial charge in [-0.05, 0) is 55.7 Å². The first-order valence-electron chi connectivity index (χ1n) is 12.9. The third kappa shape index (κ3) is 4.55. The Kier molecular flexibility index (Phi) is 6.29. The van der Waals surface area contributed by atoms with Crippen LogP contribution in [-0.4, -0.2) is 66.0 Å². The zero-order valence-electron chi connectivity index (χ0n) is 20.8. The summed E-state index contributed by atoms with van der Waals surface area (Å²) in [5, 5.41) is 7.26. The number of nitrogens with two attached hydrogens (primary N) is 1. The Hall–Kier alpha value is -3.50. The van der Waals surface area contributed by atoms with E-state index in [1.165, 1.54) is 6.20 Å². The maximum atomic E-state index is 15.4. The zero-order valence-corrected chi connectivity index (χ0v) is 20.8. The van der Waals surface area contributed by atoms with Gasteiger partial charge in [0.15, 0.2) is 5.82 Å². The van der Waals surface area contributed by atoms with E-state index in [2.05, 4.69) is 25.5 Å². The highest BCUT2D eigenvalue weighted by molar-refractivity contribution is 5.99. The summed E-state index contributed by atoms with van der Waals surface area (Å²) >= 11 is 0. The van der Waals surface area contributed by atoms with Gasteiger partial charge < -0.3 is 20.5 Å². The van der Waals surface area contributed by atoms with E-state index in [1.54, 1.807) is 18.3 Å². The number of nitrogens with one attached hydrogen (secondary N) is 2. The Labute approximate surface area is 214 Å². The lowest BCUT2D eigenvalue weighted by molar-refractivity contribution is -0.0798. The van der Waals surface area contributed by atoms with Gasteiger partial charge in [-0.2, -0.15) is 0 Å². The molecule has 4 N–H and O–H groups in total. The number of anilines is 3.